The van der Waals surface area contributed by atoms with Crippen LogP contribution in [0.15, 0.2) is 30.3 Å². The molecule has 1 saturated carbocycles. The highest BCUT2D eigenvalue weighted by molar-refractivity contribution is 5.86. The minimum atomic E-state index is -1.24. The molecule has 1 aliphatic carbocycles. The number of nitrogens with two attached hydrogens (primary N) is 2. The van der Waals surface area contributed by atoms with Crippen LogP contribution in [0, 0.1) is 5.92 Å². The van der Waals surface area contributed by atoms with E-state index in [1.165, 1.54) is 25.7 Å². The van der Waals surface area contributed by atoms with Gasteiger partial charge in [0.1, 0.15) is 5.54 Å². The predicted octanol–water partition coefficient (Wildman–Crippen LogP) is 1.53. The third-order valence-electron chi connectivity index (χ3n) is 3.89. The fraction of sp³-hybridized carbons (Fsp3) is 0.533. The highest BCUT2D eigenvalue weighted by atomic mass is 16.5. The number of rotatable bonds is 6. The van der Waals surface area contributed by atoms with E-state index < -0.39 is 11.4 Å². The van der Waals surface area contributed by atoms with Gasteiger partial charge in [-0.2, -0.15) is 0 Å². The smallest absolute Gasteiger partial charge is 0.244 e. The van der Waals surface area contributed by atoms with Crippen LogP contribution in [-0.2, 0) is 15.1 Å². The highest BCUT2D eigenvalue weighted by Gasteiger charge is 2.34. The summed E-state index contributed by atoms with van der Waals surface area (Å²) >= 11 is 0. The first-order chi connectivity index (χ1) is 9.13. The van der Waals surface area contributed by atoms with E-state index in [-0.39, 0.29) is 6.61 Å². The fourth-order valence-corrected chi connectivity index (χ4v) is 2.60. The maximum absolute atomic E-state index is 11.7. The first kappa shape index (κ1) is 14.0. The zero-order valence-corrected chi connectivity index (χ0v) is 11.2. The summed E-state index contributed by atoms with van der Waals surface area (Å²) in [7, 11) is 0. The zero-order valence-electron chi connectivity index (χ0n) is 11.2. The van der Waals surface area contributed by atoms with Crippen LogP contribution in [0.25, 0.3) is 0 Å². The molecule has 0 saturated heterocycles. The van der Waals surface area contributed by atoms with Crippen molar-refractivity contribution < 1.29 is 9.53 Å². The van der Waals surface area contributed by atoms with Crippen LogP contribution in [0.2, 0.25) is 0 Å². The van der Waals surface area contributed by atoms with E-state index in [1.54, 1.807) is 0 Å². The molecule has 104 valence electrons. The van der Waals surface area contributed by atoms with E-state index in [4.69, 9.17) is 16.2 Å². The van der Waals surface area contributed by atoms with Gasteiger partial charge >= 0.3 is 0 Å². The Labute approximate surface area is 114 Å². The molecule has 0 radical (unpaired) electrons. The molecule has 1 unspecified atom stereocenters. The molecule has 1 aromatic carbocycles. The highest BCUT2D eigenvalue weighted by Crippen LogP contribution is 2.25. The van der Waals surface area contributed by atoms with Gasteiger partial charge < -0.3 is 16.2 Å². The molecule has 0 bridgehead atoms. The molecule has 2 rings (SSSR count). The number of carbonyl (C=O) groups excluding carboxylic acids is 1. The van der Waals surface area contributed by atoms with Crippen molar-refractivity contribution in [2.24, 2.45) is 17.4 Å². The second-order valence-electron chi connectivity index (χ2n) is 5.37. The molecule has 19 heavy (non-hydrogen) atoms. The Kier molecular flexibility index (Phi) is 4.56. The lowest BCUT2D eigenvalue weighted by Crippen LogP contribution is -2.52. The molecular weight excluding hydrogens is 240 g/mol. The van der Waals surface area contributed by atoms with Crippen molar-refractivity contribution in [3.8, 4) is 0 Å². The standard InChI is InChI=1S/C15H22N2O2/c16-14(18)15(17,13-8-2-1-3-9-13)11-19-10-12-6-4-5-7-12/h1-3,8-9,12H,4-7,10-11,17H2,(H2,16,18). The van der Waals surface area contributed by atoms with Crippen LogP contribution in [-0.4, -0.2) is 19.1 Å². The maximum atomic E-state index is 11.7. The van der Waals surface area contributed by atoms with Crippen LogP contribution in [0.5, 0.6) is 0 Å². The fourth-order valence-electron chi connectivity index (χ4n) is 2.60. The summed E-state index contributed by atoms with van der Waals surface area (Å²) in [5.74, 6) is 0.0537. The third-order valence-corrected chi connectivity index (χ3v) is 3.89. The van der Waals surface area contributed by atoms with Gasteiger partial charge in [-0.05, 0) is 24.3 Å². The first-order valence-corrected chi connectivity index (χ1v) is 6.85. The quantitative estimate of drug-likeness (QED) is 0.816. The van der Waals surface area contributed by atoms with Crippen molar-refractivity contribution in [1.29, 1.82) is 0 Å². The van der Waals surface area contributed by atoms with E-state index in [0.29, 0.717) is 18.1 Å². The Morgan fingerprint density at radius 1 is 1.26 bits per heavy atom. The Bertz CT molecular complexity index is 415. The number of hydrogen-bond donors (Lipinski definition) is 2. The van der Waals surface area contributed by atoms with E-state index in [9.17, 15) is 4.79 Å². The average Bonchev–Trinajstić information content (AvgIpc) is 2.92. The lowest BCUT2D eigenvalue weighted by Gasteiger charge is -2.26. The van der Waals surface area contributed by atoms with Gasteiger partial charge in [0, 0.05) is 6.61 Å². The molecule has 1 amide bonds. The van der Waals surface area contributed by atoms with E-state index >= 15 is 0 Å². The SMILES string of the molecule is NC(=O)C(N)(COCC1CCCC1)c1ccccc1. The molecule has 4 heteroatoms. The summed E-state index contributed by atoms with van der Waals surface area (Å²) in [6.07, 6.45) is 4.96. The lowest BCUT2D eigenvalue weighted by atomic mass is 9.91. The molecule has 1 aliphatic rings. The van der Waals surface area contributed by atoms with E-state index in [0.717, 1.165) is 0 Å². The zero-order chi connectivity index (χ0) is 13.7. The van der Waals surface area contributed by atoms with Crippen LogP contribution in [0.4, 0.5) is 0 Å². The van der Waals surface area contributed by atoms with Gasteiger partial charge in [-0.15, -0.1) is 0 Å². The first-order valence-electron chi connectivity index (χ1n) is 6.85. The van der Waals surface area contributed by atoms with Crippen LogP contribution in [0.3, 0.4) is 0 Å². The predicted molar refractivity (Wildman–Crippen MR) is 74.3 cm³/mol. The minimum absolute atomic E-state index is 0.142. The summed E-state index contributed by atoms with van der Waals surface area (Å²) in [5, 5.41) is 0. The summed E-state index contributed by atoms with van der Waals surface area (Å²) < 4.78 is 5.67. The van der Waals surface area contributed by atoms with Gasteiger partial charge in [0.05, 0.1) is 6.61 Å². The average molecular weight is 262 g/mol. The second kappa shape index (κ2) is 6.17. The van der Waals surface area contributed by atoms with Crippen molar-refractivity contribution in [2.75, 3.05) is 13.2 Å². The number of ether oxygens (including phenoxy) is 1. The molecule has 0 spiro atoms. The van der Waals surface area contributed by atoms with Crippen LogP contribution in [0.1, 0.15) is 31.2 Å². The van der Waals surface area contributed by atoms with Gasteiger partial charge in [-0.1, -0.05) is 43.2 Å². The van der Waals surface area contributed by atoms with Crippen molar-refractivity contribution in [3.63, 3.8) is 0 Å². The van der Waals surface area contributed by atoms with Crippen molar-refractivity contribution in [3.05, 3.63) is 35.9 Å². The Morgan fingerprint density at radius 3 is 2.47 bits per heavy atom. The Hall–Kier alpha value is -1.39. The van der Waals surface area contributed by atoms with Crippen molar-refractivity contribution >= 4 is 5.91 Å². The Morgan fingerprint density at radius 2 is 1.89 bits per heavy atom. The molecule has 1 fully saturated rings. The van der Waals surface area contributed by atoms with Gasteiger partial charge in [0.25, 0.3) is 0 Å². The third kappa shape index (κ3) is 3.33. The molecule has 0 heterocycles. The lowest BCUT2D eigenvalue weighted by molar-refractivity contribution is -0.126. The second-order valence-corrected chi connectivity index (χ2v) is 5.37. The number of primary amides is 1. The molecule has 4 N–H and O–H groups in total. The van der Waals surface area contributed by atoms with Crippen molar-refractivity contribution in [2.45, 2.75) is 31.2 Å². The minimum Gasteiger partial charge on any atom is -0.378 e. The number of amides is 1. The maximum Gasteiger partial charge on any atom is 0.244 e. The number of hydrogen-bond acceptors (Lipinski definition) is 3. The molecule has 1 aromatic rings. The molecule has 4 nitrogen and oxygen atoms in total. The van der Waals surface area contributed by atoms with E-state index in [1.807, 2.05) is 30.3 Å². The van der Waals surface area contributed by atoms with Gasteiger partial charge in [-0.3, -0.25) is 4.79 Å². The molecule has 0 aromatic heterocycles. The number of benzene rings is 1. The molecule has 0 aliphatic heterocycles. The van der Waals surface area contributed by atoms with Gasteiger partial charge in [-0.25, -0.2) is 0 Å². The van der Waals surface area contributed by atoms with Crippen LogP contribution < -0.4 is 11.5 Å². The van der Waals surface area contributed by atoms with Gasteiger partial charge in [0.2, 0.25) is 5.91 Å². The molecule has 1 atom stereocenters. The summed E-state index contributed by atoms with van der Waals surface area (Å²) in [6, 6.07) is 9.19. The van der Waals surface area contributed by atoms with Crippen LogP contribution >= 0.6 is 0 Å². The normalized spacial score (nSPS) is 19.2. The largest absolute Gasteiger partial charge is 0.378 e. The topological polar surface area (TPSA) is 78.3 Å². The Balaban J connectivity index is 1.97. The van der Waals surface area contributed by atoms with E-state index in [2.05, 4.69) is 0 Å². The monoisotopic (exact) mass is 262 g/mol. The summed E-state index contributed by atoms with van der Waals surface area (Å²) in [6.45, 7) is 0.807. The van der Waals surface area contributed by atoms with Gasteiger partial charge in [0.15, 0.2) is 0 Å². The number of carbonyl (C=O) groups is 1. The summed E-state index contributed by atoms with van der Waals surface area (Å²) in [5.41, 5.74) is 11.1. The summed E-state index contributed by atoms with van der Waals surface area (Å²) in [4.78, 5) is 11.7. The molecular formula is C15H22N2O2. The van der Waals surface area contributed by atoms with Crippen molar-refractivity contribution in [1.82, 2.24) is 0 Å².